The minimum atomic E-state index is -0.975. The molecule has 3 rings (SSSR count). The Bertz CT molecular complexity index is 765. The molecule has 1 aliphatic rings. The van der Waals surface area contributed by atoms with Crippen LogP contribution in [0.1, 0.15) is 33.9 Å². The first-order valence-corrected chi connectivity index (χ1v) is 7.52. The van der Waals surface area contributed by atoms with E-state index in [-0.39, 0.29) is 5.78 Å². The number of allylic oxidation sites excluding steroid dienone is 1. The van der Waals surface area contributed by atoms with Gasteiger partial charge in [0.05, 0.1) is 0 Å². The van der Waals surface area contributed by atoms with Gasteiger partial charge in [0.2, 0.25) is 0 Å². The Kier molecular flexibility index (Phi) is 4.24. The van der Waals surface area contributed by atoms with Crippen molar-refractivity contribution in [2.75, 3.05) is 0 Å². The summed E-state index contributed by atoms with van der Waals surface area (Å²) in [5, 5.41) is 12.3. The van der Waals surface area contributed by atoms with Crippen LogP contribution in [0.4, 0.5) is 0 Å². The molecule has 23 heavy (non-hydrogen) atoms. The number of hydrogen-bond donors (Lipinski definition) is 2. The van der Waals surface area contributed by atoms with Gasteiger partial charge in [-0.25, -0.2) is 4.79 Å². The maximum Gasteiger partial charge on any atom is 0.330 e. The number of nitrogens with one attached hydrogen (secondary N) is 1. The molecule has 0 amide bonds. The highest BCUT2D eigenvalue weighted by Gasteiger charge is 2.23. The van der Waals surface area contributed by atoms with Crippen molar-refractivity contribution < 1.29 is 14.7 Å². The summed E-state index contributed by atoms with van der Waals surface area (Å²) in [4.78, 5) is 24.0. The SMILES string of the molecule is O=C1/C(=C\NC(C(=O)O)c2ccccc2)CCc2ccccc21. The van der Waals surface area contributed by atoms with Crippen molar-refractivity contribution in [2.45, 2.75) is 18.9 Å². The van der Waals surface area contributed by atoms with Crippen LogP contribution in [0.5, 0.6) is 0 Å². The largest absolute Gasteiger partial charge is 0.479 e. The quantitative estimate of drug-likeness (QED) is 0.852. The van der Waals surface area contributed by atoms with Gasteiger partial charge >= 0.3 is 5.97 Å². The molecule has 0 bridgehead atoms. The van der Waals surface area contributed by atoms with Crippen LogP contribution in [-0.4, -0.2) is 16.9 Å². The molecule has 0 aromatic heterocycles. The van der Waals surface area contributed by atoms with Gasteiger partial charge in [-0.3, -0.25) is 4.79 Å². The lowest BCUT2D eigenvalue weighted by molar-refractivity contribution is -0.139. The standard InChI is InChI=1S/C19H17NO3/c21-18-15(11-10-13-6-4-5-9-16(13)18)12-20-17(19(22)23)14-7-2-1-3-8-14/h1-9,12,17,20H,10-11H2,(H,22,23)/b15-12-. The molecule has 1 atom stereocenters. The van der Waals surface area contributed by atoms with Crippen LogP contribution < -0.4 is 5.32 Å². The zero-order chi connectivity index (χ0) is 16.2. The number of Topliss-reactive ketones (excluding diaryl/α,β-unsaturated/α-hetero) is 1. The first kappa shape index (κ1) is 15.0. The van der Waals surface area contributed by atoms with E-state index in [1.807, 2.05) is 30.3 Å². The van der Waals surface area contributed by atoms with Gasteiger partial charge in [-0.2, -0.15) is 0 Å². The van der Waals surface area contributed by atoms with E-state index in [9.17, 15) is 14.7 Å². The number of fused-ring (bicyclic) bond motifs is 1. The lowest BCUT2D eigenvalue weighted by atomic mass is 9.87. The smallest absolute Gasteiger partial charge is 0.330 e. The average Bonchev–Trinajstić information content (AvgIpc) is 2.58. The summed E-state index contributed by atoms with van der Waals surface area (Å²) in [5.74, 6) is -1.01. The van der Waals surface area contributed by atoms with E-state index in [0.29, 0.717) is 23.1 Å². The molecule has 0 aliphatic heterocycles. The van der Waals surface area contributed by atoms with E-state index in [2.05, 4.69) is 5.32 Å². The Hall–Kier alpha value is -2.88. The van der Waals surface area contributed by atoms with E-state index in [4.69, 9.17) is 0 Å². The number of carboxylic acids is 1. The minimum absolute atomic E-state index is 0.0310. The molecule has 2 aromatic carbocycles. The van der Waals surface area contributed by atoms with Crippen LogP contribution >= 0.6 is 0 Å². The average molecular weight is 307 g/mol. The second kappa shape index (κ2) is 6.48. The third-order valence-corrected chi connectivity index (χ3v) is 4.02. The molecule has 0 radical (unpaired) electrons. The summed E-state index contributed by atoms with van der Waals surface area (Å²) in [5.41, 5.74) is 3.03. The second-order valence-electron chi connectivity index (χ2n) is 5.50. The molecule has 0 fully saturated rings. The van der Waals surface area contributed by atoms with Gasteiger partial charge < -0.3 is 10.4 Å². The normalized spacial score (nSPS) is 16.7. The number of carbonyl (C=O) groups is 2. The number of hydrogen-bond acceptors (Lipinski definition) is 3. The van der Waals surface area contributed by atoms with Crippen LogP contribution in [0, 0.1) is 0 Å². The fraction of sp³-hybridized carbons (Fsp3) is 0.158. The monoisotopic (exact) mass is 307 g/mol. The van der Waals surface area contributed by atoms with Crippen molar-refractivity contribution in [3.8, 4) is 0 Å². The Labute approximate surface area is 134 Å². The summed E-state index contributed by atoms with van der Waals surface area (Å²) in [6, 6.07) is 15.6. The Morgan fingerprint density at radius 1 is 1.04 bits per heavy atom. The number of carboxylic acid groups (broad SMARTS) is 1. The van der Waals surface area contributed by atoms with E-state index in [1.54, 1.807) is 30.5 Å². The van der Waals surface area contributed by atoms with Crippen LogP contribution in [-0.2, 0) is 11.2 Å². The second-order valence-corrected chi connectivity index (χ2v) is 5.50. The molecule has 4 nitrogen and oxygen atoms in total. The summed E-state index contributed by atoms with van der Waals surface area (Å²) in [6.07, 6.45) is 2.96. The van der Waals surface area contributed by atoms with Gasteiger partial charge in [0.25, 0.3) is 0 Å². The molecular weight excluding hydrogens is 290 g/mol. The highest BCUT2D eigenvalue weighted by Crippen LogP contribution is 2.25. The Morgan fingerprint density at radius 2 is 1.74 bits per heavy atom. The number of benzene rings is 2. The molecule has 2 N–H and O–H groups in total. The van der Waals surface area contributed by atoms with Gasteiger partial charge in [-0.05, 0) is 24.0 Å². The zero-order valence-electron chi connectivity index (χ0n) is 12.5. The third kappa shape index (κ3) is 3.16. The van der Waals surface area contributed by atoms with Gasteiger partial charge in [0.15, 0.2) is 5.78 Å². The molecule has 116 valence electrons. The van der Waals surface area contributed by atoms with Crippen LogP contribution in [0.3, 0.4) is 0 Å². The third-order valence-electron chi connectivity index (χ3n) is 4.02. The zero-order valence-corrected chi connectivity index (χ0v) is 12.5. The lowest BCUT2D eigenvalue weighted by Crippen LogP contribution is -2.26. The van der Waals surface area contributed by atoms with Crippen molar-refractivity contribution in [3.05, 3.63) is 83.1 Å². The molecule has 0 saturated carbocycles. The van der Waals surface area contributed by atoms with Crippen LogP contribution in [0.15, 0.2) is 66.4 Å². The van der Waals surface area contributed by atoms with Crippen molar-refractivity contribution >= 4 is 11.8 Å². The van der Waals surface area contributed by atoms with Crippen LogP contribution in [0.25, 0.3) is 0 Å². The summed E-state index contributed by atoms with van der Waals surface area (Å²) < 4.78 is 0. The topological polar surface area (TPSA) is 66.4 Å². The molecule has 1 unspecified atom stereocenters. The first-order chi connectivity index (χ1) is 11.2. The fourth-order valence-electron chi connectivity index (χ4n) is 2.79. The number of aryl methyl sites for hydroxylation is 1. The number of ketones is 1. The molecule has 0 spiro atoms. The Morgan fingerprint density at radius 3 is 2.48 bits per heavy atom. The van der Waals surface area contributed by atoms with Crippen molar-refractivity contribution in [1.29, 1.82) is 0 Å². The van der Waals surface area contributed by atoms with Crippen LogP contribution in [0.2, 0.25) is 0 Å². The predicted molar refractivity (Wildman–Crippen MR) is 87.1 cm³/mol. The minimum Gasteiger partial charge on any atom is -0.479 e. The number of rotatable bonds is 4. The van der Waals surface area contributed by atoms with Crippen molar-refractivity contribution in [3.63, 3.8) is 0 Å². The maximum atomic E-state index is 12.5. The van der Waals surface area contributed by atoms with E-state index in [0.717, 1.165) is 12.0 Å². The predicted octanol–water partition coefficient (Wildman–Crippen LogP) is 3.11. The summed E-state index contributed by atoms with van der Waals surface area (Å²) in [7, 11) is 0. The lowest BCUT2D eigenvalue weighted by Gasteiger charge is -2.19. The highest BCUT2D eigenvalue weighted by atomic mass is 16.4. The van der Waals surface area contributed by atoms with E-state index < -0.39 is 12.0 Å². The number of carbonyl (C=O) groups excluding carboxylic acids is 1. The summed E-state index contributed by atoms with van der Waals surface area (Å²) in [6.45, 7) is 0. The summed E-state index contributed by atoms with van der Waals surface area (Å²) >= 11 is 0. The van der Waals surface area contributed by atoms with E-state index in [1.165, 1.54) is 0 Å². The Balaban J connectivity index is 1.82. The molecule has 1 aliphatic carbocycles. The molecule has 4 heteroatoms. The van der Waals surface area contributed by atoms with Gasteiger partial charge in [-0.15, -0.1) is 0 Å². The van der Waals surface area contributed by atoms with Gasteiger partial charge in [0, 0.05) is 17.3 Å². The number of aliphatic carboxylic acids is 1. The molecule has 2 aromatic rings. The maximum absolute atomic E-state index is 12.5. The van der Waals surface area contributed by atoms with Gasteiger partial charge in [-0.1, -0.05) is 54.6 Å². The molecular formula is C19H17NO3. The molecule has 0 saturated heterocycles. The van der Waals surface area contributed by atoms with Crippen molar-refractivity contribution in [2.24, 2.45) is 0 Å². The van der Waals surface area contributed by atoms with Gasteiger partial charge in [0.1, 0.15) is 6.04 Å². The molecule has 0 heterocycles. The fourth-order valence-corrected chi connectivity index (χ4v) is 2.79. The highest BCUT2D eigenvalue weighted by molar-refractivity contribution is 6.10. The van der Waals surface area contributed by atoms with Crippen molar-refractivity contribution in [1.82, 2.24) is 5.32 Å². The van der Waals surface area contributed by atoms with E-state index >= 15 is 0 Å². The first-order valence-electron chi connectivity index (χ1n) is 7.52.